The van der Waals surface area contributed by atoms with E-state index in [-0.39, 0.29) is 17.3 Å². The fraction of sp³-hybridized carbons (Fsp3) is 0.526. The van der Waals surface area contributed by atoms with Crippen LogP contribution in [-0.4, -0.2) is 50.9 Å². The Morgan fingerprint density at radius 2 is 2.00 bits per heavy atom. The number of rotatable bonds is 3. The van der Waals surface area contributed by atoms with Crippen LogP contribution < -0.4 is 0 Å². The molecule has 1 aromatic carbocycles. The normalized spacial score (nSPS) is 17.1. The van der Waals surface area contributed by atoms with Gasteiger partial charge in [-0.25, -0.2) is 9.67 Å². The summed E-state index contributed by atoms with van der Waals surface area (Å²) < 4.78 is 7.28. The van der Waals surface area contributed by atoms with Gasteiger partial charge >= 0.3 is 0 Å². The van der Waals surface area contributed by atoms with E-state index in [1.54, 1.807) is 4.68 Å². The number of benzene rings is 1. The minimum atomic E-state index is -0.357. The summed E-state index contributed by atoms with van der Waals surface area (Å²) in [5.74, 6) is 1.17. The number of amides is 1. The second-order valence-electron chi connectivity index (χ2n) is 7.43. The molecule has 1 aliphatic rings. The van der Waals surface area contributed by atoms with Gasteiger partial charge in [0.05, 0.1) is 24.4 Å². The molecular weight excluding hydrogens is 316 g/mol. The SMILES string of the molecule is Cc1nc(C(=O)N2CCOCC2(C)C)nn1-c1ccccc1C(C)C. The molecule has 0 bridgehead atoms. The lowest BCUT2D eigenvalue weighted by atomic mass is 10.0. The zero-order valence-electron chi connectivity index (χ0n) is 15.6. The van der Waals surface area contributed by atoms with Crippen LogP contribution in [0.25, 0.3) is 5.69 Å². The summed E-state index contributed by atoms with van der Waals surface area (Å²) in [6, 6.07) is 8.11. The maximum absolute atomic E-state index is 13.0. The minimum absolute atomic E-state index is 0.142. The van der Waals surface area contributed by atoms with Crippen molar-refractivity contribution in [1.29, 1.82) is 0 Å². The molecule has 1 aromatic heterocycles. The number of hydrogen-bond acceptors (Lipinski definition) is 4. The van der Waals surface area contributed by atoms with Crippen molar-refractivity contribution in [2.45, 2.75) is 46.1 Å². The van der Waals surface area contributed by atoms with Crippen molar-refractivity contribution >= 4 is 5.91 Å². The van der Waals surface area contributed by atoms with Gasteiger partial charge in [0, 0.05) is 6.54 Å². The molecule has 0 saturated carbocycles. The van der Waals surface area contributed by atoms with Crippen molar-refractivity contribution in [3.8, 4) is 5.69 Å². The number of nitrogens with zero attached hydrogens (tertiary/aromatic N) is 4. The predicted molar refractivity (Wildman–Crippen MR) is 96.1 cm³/mol. The van der Waals surface area contributed by atoms with E-state index in [2.05, 4.69) is 30.0 Å². The van der Waals surface area contributed by atoms with E-state index >= 15 is 0 Å². The van der Waals surface area contributed by atoms with E-state index in [9.17, 15) is 4.79 Å². The molecule has 1 saturated heterocycles. The molecule has 0 spiro atoms. The zero-order chi connectivity index (χ0) is 18.2. The Labute approximate surface area is 148 Å². The molecule has 6 nitrogen and oxygen atoms in total. The highest BCUT2D eigenvalue weighted by atomic mass is 16.5. The maximum Gasteiger partial charge on any atom is 0.294 e. The van der Waals surface area contributed by atoms with E-state index in [0.29, 0.717) is 31.5 Å². The number of aromatic nitrogens is 3. The number of ether oxygens (including phenoxy) is 1. The van der Waals surface area contributed by atoms with Crippen molar-refractivity contribution in [2.24, 2.45) is 0 Å². The van der Waals surface area contributed by atoms with Gasteiger partial charge < -0.3 is 9.64 Å². The molecule has 2 aromatic rings. The molecule has 134 valence electrons. The van der Waals surface area contributed by atoms with Crippen LogP contribution in [0.4, 0.5) is 0 Å². The quantitative estimate of drug-likeness (QED) is 0.860. The van der Waals surface area contributed by atoms with Gasteiger partial charge in [0.1, 0.15) is 5.82 Å². The number of morpholine rings is 1. The topological polar surface area (TPSA) is 60.3 Å². The Morgan fingerprint density at radius 1 is 1.28 bits per heavy atom. The Balaban J connectivity index is 1.97. The Kier molecular flexibility index (Phi) is 4.64. The molecular formula is C19H26N4O2. The lowest BCUT2D eigenvalue weighted by Gasteiger charge is -2.41. The molecule has 0 aliphatic carbocycles. The van der Waals surface area contributed by atoms with Crippen LogP contribution in [0.3, 0.4) is 0 Å². The van der Waals surface area contributed by atoms with Gasteiger partial charge in [0.2, 0.25) is 5.82 Å². The van der Waals surface area contributed by atoms with Crippen LogP contribution >= 0.6 is 0 Å². The van der Waals surface area contributed by atoms with E-state index in [0.717, 1.165) is 5.69 Å². The van der Waals surface area contributed by atoms with Gasteiger partial charge in [-0.2, -0.15) is 0 Å². The highest BCUT2D eigenvalue weighted by Crippen LogP contribution is 2.24. The first-order valence-electron chi connectivity index (χ1n) is 8.74. The van der Waals surface area contributed by atoms with Gasteiger partial charge in [-0.1, -0.05) is 32.0 Å². The highest BCUT2D eigenvalue weighted by molar-refractivity contribution is 5.91. The van der Waals surface area contributed by atoms with E-state index < -0.39 is 0 Å². The summed E-state index contributed by atoms with van der Waals surface area (Å²) >= 11 is 0. The first-order chi connectivity index (χ1) is 11.8. The molecule has 3 rings (SSSR count). The number of para-hydroxylation sites is 1. The van der Waals surface area contributed by atoms with Gasteiger partial charge in [0.25, 0.3) is 5.91 Å². The molecule has 6 heteroatoms. The first kappa shape index (κ1) is 17.6. The second-order valence-corrected chi connectivity index (χ2v) is 7.43. The molecule has 1 aliphatic heterocycles. The van der Waals surface area contributed by atoms with Crippen molar-refractivity contribution in [1.82, 2.24) is 19.7 Å². The lowest BCUT2D eigenvalue weighted by molar-refractivity contribution is -0.0375. The largest absolute Gasteiger partial charge is 0.377 e. The van der Waals surface area contributed by atoms with Crippen LogP contribution in [0.1, 0.15) is 55.6 Å². The molecule has 2 heterocycles. The van der Waals surface area contributed by atoms with Gasteiger partial charge in [0.15, 0.2) is 0 Å². The van der Waals surface area contributed by atoms with Crippen LogP contribution in [0.5, 0.6) is 0 Å². The molecule has 1 fully saturated rings. The molecule has 0 N–H and O–H groups in total. The monoisotopic (exact) mass is 342 g/mol. The fourth-order valence-corrected chi connectivity index (χ4v) is 3.23. The van der Waals surface area contributed by atoms with Gasteiger partial charge in [-0.15, -0.1) is 5.10 Å². The van der Waals surface area contributed by atoms with Gasteiger partial charge in [-0.05, 0) is 38.3 Å². The first-order valence-corrected chi connectivity index (χ1v) is 8.74. The van der Waals surface area contributed by atoms with E-state index in [1.807, 2.05) is 43.9 Å². The van der Waals surface area contributed by atoms with Gasteiger partial charge in [-0.3, -0.25) is 4.79 Å². The van der Waals surface area contributed by atoms with E-state index in [4.69, 9.17) is 4.74 Å². The van der Waals surface area contributed by atoms with Crippen LogP contribution in [0, 0.1) is 6.92 Å². The summed E-state index contributed by atoms with van der Waals surface area (Å²) in [5.41, 5.74) is 1.80. The zero-order valence-corrected chi connectivity index (χ0v) is 15.6. The van der Waals surface area contributed by atoms with Crippen LogP contribution in [0.15, 0.2) is 24.3 Å². The summed E-state index contributed by atoms with van der Waals surface area (Å²) in [6.07, 6.45) is 0. The highest BCUT2D eigenvalue weighted by Gasteiger charge is 2.36. The van der Waals surface area contributed by atoms with E-state index in [1.165, 1.54) is 5.56 Å². The molecule has 25 heavy (non-hydrogen) atoms. The third-order valence-corrected chi connectivity index (χ3v) is 4.64. The number of carbonyl (C=O) groups is 1. The second kappa shape index (κ2) is 6.59. The Hall–Kier alpha value is -2.21. The summed E-state index contributed by atoms with van der Waals surface area (Å²) in [5, 5.41) is 4.54. The predicted octanol–water partition coefficient (Wildman–Crippen LogP) is 2.95. The van der Waals surface area contributed by atoms with Crippen molar-refractivity contribution in [3.05, 3.63) is 41.5 Å². The van der Waals surface area contributed by atoms with Crippen LogP contribution in [-0.2, 0) is 4.74 Å². The fourth-order valence-electron chi connectivity index (χ4n) is 3.23. The smallest absolute Gasteiger partial charge is 0.294 e. The average molecular weight is 342 g/mol. The summed E-state index contributed by atoms with van der Waals surface area (Å²) in [4.78, 5) is 19.2. The van der Waals surface area contributed by atoms with Crippen molar-refractivity contribution in [3.63, 3.8) is 0 Å². The van der Waals surface area contributed by atoms with Crippen LogP contribution in [0.2, 0.25) is 0 Å². The van der Waals surface area contributed by atoms with Crippen molar-refractivity contribution < 1.29 is 9.53 Å². The standard InChI is InChI=1S/C19H26N4O2/c1-13(2)15-8-6-7-9-16(15)23-14(3)20-17(21-23)18(24)22-10-11-25-12-19(22,4)5/h6-9,13H,10-12H2,1-5H3. The molecule has 0 unspecified atom stereocenters. The third-order valence-electron chi connectivity index (χ3n) is 4.64. The molecule has 0 atom stereocenters. The lowest BCUT2D eigenvalue weighted by Crippen LogP contribution is -2.55. The maximum atomic E-state index is 13.0. The number of carbonyl (C=O) groups excluding carboxylic acids is 1. The minimum Gasteiger partial charge on any atom is -0.377 e. The Morgan fingerprint density at radius 3 is 2.68 bits per heavy atom. The Bertz CT molecular complexity index is 779. The third kappa shape index (κ3) is 3.31. The summed E-state index contributed by atoms with van der Waals surface area (Å²) in [7, 11) is 0. The summed E-state index contributed by atoms with van der Waals surface area (Å²) in [6.45, 7) is 11.8. The number of aryl methyl sites for hydroxylation is 1. The molecule has 0 radical (unpaired) electrons. The average Bonchev–Trinajstić information content (AvgIpc) is 2.95. The number of hydrogen-bond donors (Lipinski definition) is 0. The molecule has 1 amide bonds. The van der Waals surface area contributed by atoms with Crippen molar-refractivity contribution in [2.75, 3.05) is 19.8 Å².